The maximum Gasteiger partial charge on any atom is 0.220 e. The monoisotopic (exact) mass is 339 g/mol. The Morgan fingerprint density at radius 2 is 2.20 bits per heavy atom. The van der Waals surface area contributed by atoms with E-state index < -0.39 is 0 Å². The number of aryl methyl sites for hydroxylation is 3. The van der Waals surface area contributed by atoms with Gasteiger partial charge in [0, 0.05) is 37.0 Å². The fourth-order valence-corrected chi connectivity index (χ4v) is 2.70. The number of nitrogens with one attached hydrogen (secondary N) is 1. The van der Waals surface area contributed by atoms with Crippen LogP contribution in [0.2, 0.25) is 0 Å². The molecule has 0 atom stereocenters. The van der Waals surface area contributed by atoms with Gasteiger partial charge in [0.15, 0.2) is 0 Å². The summed E-state index contributed by atoms with van der Waals surface area (Å²) in [6.45, 7) is 4.19. The first kappa shape index (κ1) is 16.9. The van der Waals surface area contributed by atoms with E-state index in [1.807, 2.05) is 39.1 Å². The van der Waals surface area contributed by atoms with Crippen molar-refractivity contribution in [3.8, 4) is 11.3 Å². The highest BCUT2D eigenvalue weighted by Crippen LogP contribution is 2.17. The molecule has 0 spiro atoms. The second-order valence-corrected chi connectivity index (χ2v) is 5.97. The van der Waals surface area contributed by atoms with E-state index in [1.165, 1.54) is 0 Å². The lowest BCUT2D eigenvalue weighted by molar-refractivity contribution is -0.121. The summed E-state index contributed by atoms with van der Waals surface area (Å²) in [5.74, 6) is 0.766. The number of amides is 1. The van der Waals surface area contributed by atoms with Crippen molar-refractivity contribution in [3.63, 3.8) is 0 Å². The van der Waals surface area contributed by atoms with Crippen LogP contribution in [0.15, 0.2) is 35.1 Å². The lowest BCUT2D eigenvalue weighted by atomic mass is 10.1. The average Bonchev–Trinajstić information content (AvgIpc) is 3.14. The second-order valence-electron chi connectivity index (χ2n) is 5.97. The van der Waals surface area contributed by atoms with Crippen molar-refractivity contribution in [2.45, 2.75) is 33.2 Å². The Labute approximate surface area is 146 Å². The largest absolute Gasteiger partial charge is 0.361 e. The molecule has 0 unspecified atom stereocenters. The van der Waals surface area contributed by atoms with Crippen LogP contribution in [0.25, 0.3) is 11.3 Å². The van der Waals surface area contributed by atoms with E-state index in [9.17, 15) is 4.79 Å². The third kappa shape index (κ3) is 3.93. The highest BCUT2D eigenvalue weighted by Gasteiger charge is 2.12. The molecule has 1 N–H and O–H groups in total. The molecule has 0 saturated carbocycles. The first-order valence-electron chi connectivity index (χ1n) is 8.16. The molecule has 3 heterocycles. The summed E-state index contributed by atoms with van der Waals surface area (Å²) in [7, 11) is 1.87. The minimum Gasteiger partial charge on any atom is -0.361 e. The molecule has 7 heteroatoms. The predicted octanol–water partition coefficient (Wildman–Crippen LogP) is 2.34. The van der Waals surface area contributed by atoms with Gasteiger partial charge in [-0.05, 0) is 38.5 Å². The van der Waals surface area contributed by atoms with Crippen LogP contribution in [0.4, 0.5) is 0 Å². The zero-order valence-electron chi connectivity index (χ0n) is 14.6. The summed E-state index contributed by atoms with van der Waals surface area (Å²) in [6.07, 6.45) is 4.52. The SMILES string of the molecule is Cc1noc(C)c1CCC(=O)NCc1cc(-c2cccnc2)nn1C. The Hall–Kier alpha value is -2.96. The molecule has 3 aromatic rings. The number of aromatic nitrogens is 4. The molecular formula is C18H21N5O2. The van der Waals surface area contributed by atoms with E-state index >= 15 is 0 Å². The van der Waals surface area contributed by atoms with Crippen LogP contribution in [-0.2, 0) is 24.8 Å². The number of rotatable bonds is 6. The normalized spacial score (nSPS) is 10.8. The standard InChI is InChI=1S/C18H21N5O2/c1-12-16(13(2)25-22-12)6-7-18(24)20-11-15-9-17(21-23(15)3)14-5-4-8-19-10-14/h4-5,8-10H,6-7,11H2,1-3H3,(H,20,24). The number of pyridine rings is 1. The zero-order valence-corrected chi connectivity index (χ0v) is 14.6. The van der Waals surface area contributed by atoms with Crippen LogP contribution in [-0.4, -0.2) is 25.8 Å². The van der Waals surface area contributed by atoms with E-state index in [0.717, 1.165) is 34.0 Å². The first-order chi connectivity index (χ1) is 12.0. The lowest BCUT2D eigenvalue weighted by Crippen LogP contribution is -2.24. The van der Waals surface area contributed by atoms with Crippen molar-refractivity contribution in [1.82, 2.24) is 25.2 Å². The number of carbonyl (C=O) groups is 1. The molecule has 25 heavy (non-hydrogen) atoms. The predicted molar refractivity (Wildman–Crippen MR) is 92.6 cm³/mol. The summed E-state index contributed by atoms with van der Waals surface area (Å²) in [4.78, 5) is 16.2. The van der Waals surface area contributed by atoms with Crippen LogP contribution in [0.5, 0.6) is 0 Å². The number of carbonyl (C=O) groups excluding carboxylic acids is 1. The van der Waals surface area contributed by atoms with Gasteiger partial charge in [0.25, 0.3) is 0 Å². The van der Waals surface area contributed by atoms with E-state index in [0.29, 0.717) is 19.4 Å². The summed E-state index contributed by atoms with van der Waals surface area (Å²) in [5, 5.41) is 11.3. The Morgan fingerprint density at radius 3 is 2.88 bits per heavy atom. The quantitative estimate of drug-likeness (QED) is 0.745. The molecule has 0 saturated heterocycles. The van der Waals surface area contributed by atoms with Crippen LogP contribution in [0.3, 0.4) is 0 Å². The average molecular weight is 339 g/mol. The Morgan fingerprint density at radius 1 is 1.36 bits per heavy atom. The van der Waals surface area contributed by atoms with E-state index in [1.54, 1.807) is 17.1 Å². The van der Waals surface area contributed by atoms with E-state index in [-0.39, 0.29) is 5.91 Å². The number of hydrogen-bond donors (Lipinski definition) is 1. The second kappa shape index (κ2) is 7.29. The molecule has 7 nitrogen and oxygen atoms in total. The van der Waals surface area contributed by atoms with Crippen molar-refractivity contribution in [2.24, 2.45) is 7.05 Å². The van der Waals surface area contributed by atoms with E-state index in [2.05, 4.69) is 20.6 Å². The van der Waals surface area contributed by atoms with Crippen LogP contribution < -0.4 is 5.32 Å². The minimum absolute atomic E-state index is 0.0101. The van der Waals surface area contributed by atoms with E-state index in [4.69, 9.17) is 4.52 Å². The minimum atomic E-state index is -0.0101. The van der Waals surface area contributed by atoms with Crippen LogP contribution in [0.1, 0.15) is 29.1 Å². The molecule has 130 valence electrons. The van der Waals surface area contributed by atoms with Gasteiger partial charge >= 0.3 is 0 Å². The van der Waals surface area contributed by atoms with Gasteiger partial charge in [0.2, 0.25) is 5.91 Å². The number of hydrogen-bond acceptors (Lipinski definition) is 5. The maximum absolute atomic E-state index is 12.1. The molecule has 0 aliphatic rings. The summed E-state index contributed by atoms with van der Waals surface area (Å²) >= 11 is 0. The van der Waals surface area contributed by atoms with Gasteiger partial charge < -0.3 is 9.84 Å². The van der Waals surface area contributed by atoms with Gasteiger partial charge in [0.05, 0.1) is 23.6 Å². The molecule has 0 aliphatic carbocycles. The molecule has 0 aliphatic heterocycles. The Kier molecular flexibility index (Phi) is 4.92. The van der Waals surface area contributed by atoms with Gasteiger partial charge in [-0.15, -0.1) is 0 Å². The van der Waals surface area contributed by atoms with Gasteiger partial charge in [-0.25, -0.2) is 0 Å². The molecule has 1 amide bonds. The highest BCUT2D eigenvalue weighted by atomic mass is 16.5. The van der Waals surface area contributed by atoms with Crippen molar-refractivity contribution >= 4 is 5.91 Å². The summed E-state index contributed by atoms with van der Waals surface area (Å²) in [6, 6.07) is 5.80. The summed E-state index contributed by atoms with van der Waals surface area (Å²) in [5.41, 5.74) is 4.58. The molecule has 0 aromatic carbocycles. The highest BCUT2D eigenvalue weighted by molar-refractivity contribution is 5.76. The smallest absolute Gasteiger partial charge is 0.220 e. The Bertz CT molecular complexity index is 847. The van der Waals surface area contributed by atoms with Gasteiger partial charge in [-0.1, -0.05) is 5.16 Å². The number of nitrogens with zero attached hydrogens (tertiary/aromatic N) is 4. The van der Waals surface area contributed by atoms with Gasteiger partial charge in [-0.2, -0.15) is 5.10 Å². The maximum atomic E-state index is 12.1. The lowest BCUT2D eigenvalue weighted by Gasteiger charge is -2.05. The molecule has 0 fully saturated rings. The topological polar surface area (TPSA) is 85.8 Å². The fraction of sp³-hybridized carbons (Fsp3) is 0.333. The first-order valence-corrected chi connectivity index (χ1v) is 8.16. The van der Waals surface area contributed by atoms with Crippen molar-refractivity contribution < 1.29 is 9.32 Å². The molecule has 3 rings (SSSR count). The molecule has 0 bridgehead atoms. The zero-order chi connectivity index (χ0) is 17.8. The van der Waals surface area contributed by atoms with Crippen LogP contribution in [0, 0.1) is 13.8 Å². The van der Waals surface area contributed by atoms with Crippen LogP contribution >= 0.6 is 0 Å². The van der Waals surface area contributed by atoms with Crippen molar-refractivity contribution in [3.05, 3.63) is 53.3 Å². The Balaban J connectivity index is 1.56. The van der Waals surface area contributed by atoms with Crippen molar-refractivity contribution in [1.29, 1.82) is 0 Å². The molecular weight excluding hydrogens is 318 g/mol. The summed E-state index contributed by atoms with van der Waals surface area (Å²) < 4.78 is 6.89. The van der Waals surface area contributed by atoms with Gasteiger partial charge in [-0.3, -0.25) is 14.5 Å². The van der Waals surface area contributed by atoms with Gasteiger partial charge in [0.1, 0.15) is 5.76 Å². The third-order valence-corrected chi connectivity index (χ3v) is 4.18. The fourth-order valence-electron chi connectivity index (χ4n) is 2.70. The molecule has 0 radical (unpaired) electrons. The third-order valence-electron chi connectivity index (χ3n) is 4.18. The van der Waals surface area contributed by atoms with Crippen molar-refractivity contribution in [2.75, 3.05) is 0 Å². The molecule has 3 aromatic heterocycles.